The highest BCUT2D eigenvalue weighted by Gasteiger charge is 2.32. The van der Waals surface area contributed by atoms with E-state index in [1.165, 1.54) is 12.1 Å². The van der Waals surface area contributed by atoms with Crippen molar-refractivity contribution in [2.24, 2.45) is 5.92 Å². The first-order valence-corrected chi connectivity index (χ1v) is 14.1. The molecular weight excluding hydrogens is 529 g/mol. The maximum Gasteiger partial charge on any atom is 0.255 e. The standard InChI is InChI=1S/C31H31ClFN5O2/c32-26-6-2-1-5-25(26)31(40)37-19-17-36(18-20-37)30(39)22-13-15-35(16-14-22)21-29-34-27-7-3-4-8-28(27)38(29)24-11-9-23(33)10-12-24/h1-12,22H,13-21H2. The first kappa shape index (κ1) is 26.5. The zero-order valence-electron chi connectivity index (χ0n) is 22.2. The van der Waals surface area contributed by atoms with Gasteiger partial charge in [0.25, 0.3) is 5.91 Å². The molecule has 0 spiro atoms. The van der Waals surface area contributed by atoms with Gasteiger partial charge in [0.1, 0.15) is 11.6 Å². The van der Waals surface area contributed by atoms with Gasteiger partial charge in [0.05, 0.1) is 28.2 Å². The maximum absolute atomic E-state index is 13.6. The number of amides is 2. The Kier molecular flexibility index (Phi) is 7.54. The summed E-state index contributed by atoms with van der Waals surface area (Å²) in [5.41, 5.74) is 3.27. The fourth-order valence-corrected chi connectivity index (χ4v) is 6.01. The molecule has 2 amide bonds. The molecule has 0 aliphatic carbocycles. The van der Waals surface area contributed by atoms with Crippen LogP contribution in [0.3, 0.4) is 0 Å². The molecule has 3 heterocycles. The van der Waals surface area contributed by atoms with Crippen LogP contribution in [0.1, 0.15) is 29.0 Å². The fourth-order valence-electron chi connectivity index (χ4n) is 5.79. The summed E-state index contributed by atoms with van der Waals surface area (Å²) < 4.78 is 15.7. The Morgan fingerprint density at radius 3 is 2.20 bits per heavy atom. The highest BCUT2D eigenvalue weighted by Crippen LogP contribution is 2.26. The van der Waals surface area contributed by atoms with E-state index in [0.29, 0.717) is 43.3 Å². The second kappa shape index (κ2) is 11.4. The van der Waals surface area contributed by atoms with E-state index in [9.17, 15) is 14.0 Å². The largest absolute Gasteiger partial charge is 0.339 e. The number of nitrogens with zero attached hydrogens (tertiary/aromatic N) is 5. The number of benzene rings is 3. The van der Waals surface area contributed by atoms with Crippen molar-refractivity contribution >= 4 is 34.4 Å². The summed E-state index contributed by atoms with van der Waals surface area (Å²) in [6.07, 6.45) is 1.57. The predicted molar refractivity (Wildman–Crippen MR) is 153 cm³/mol. The summed E-state index contributed by atoms with van der Waals surface area (Å²) in [7, 11) is 0. The Balaban J connectivity index is 1.06. The highest BCUT2D eigenvalue weighted by molar-refractivity contribution is 6.33. The average molecular weight is 560 g/mol. The summed E-state index contributed by atoms with van der Waals surface area (Å²) in [5.74, 6) is 0.714. The van der Waals surface area contributed by atoms with Gasteiger partial charge in [-0.15, -0.1) is 0 Å². The Labute approximate surface area is 237 Å². The summed E-state index contributed by atoms with van der Waals surface area (Å²) in [5, 5.41) is 0.450. The van der Waals surface area contributed by atoms with Gasteiger partial charge in [-0.25, -0.2) is 9.37 Å². The molecule has 7 nitrogen and oxygen atoms in total. The minimum atomic E-state index is -0.268. The second-order valence-corrected chi connectivity index (χ2v) is 10.9. The number of carbonyl (C=O) groups is 2. The van der Waals surface area contributed by atoms with Crippen molar-refractivity contribution in [3.8, 4) is 5.69 Å². The topological polar surface area (TPSA) is 61.7 Å². The van der Waals surface area contributed by atoms with Crippen LogP contribution in [0.5, 0.6) is 0 Å². The Hall–Kier alpha value is -3.75. The van der Waals surface area contributed by atoms with Crippen LogP contribution in [0, 0.1) is 11.7 Å². The minimum absolute atomic E-state index is 0.0158. The van der Waals surface area contributed by atoms with Crippen molar-refractivity contribution < 1.29 is 14.0 Å². The van der Waals surface area contributed by atoms with E-state index >= 15 is 0 Å². The molecule has 2 fully saturated rings. The van der Waals surface area contributed by atoms with Crippen molar-refractivity contribution in [1.82, 2.24) is 24.3 Å². The number of piperazine rings is 1. The Bertz CT molecular complexity index is 1520. The molecule has 4 aromatic rings. The molecule has 3 aromatic carbocycles. The third-order valence-electron chi connectivity index (χ3n) is 8.00. The molecule has 2 aliphatic rings. The van der Waals surface area contributed by atoms with E-state index < -0.39 is 0 Å². The SMILES string of the molecule is O=C(c1ccccc1Cl)N1CCN(C(=O)C2CCN(Cc3nc4ccccc4n3-c3ccc(F)cc3)CC2)CC1. The number of likely N-dealkylation sites (tertiary alicyclic amines) is 1. The number of fused-ring (bicyclic) bond motifs is 1. The smallest absolute Gasteiger partial charge is 0.255 e. The lowest BCUT2D eigenvalue weighted by Gasteiger charge is -2.38. The molecule has 0 unspecified atom stereocenters. The number of halogens is 2. The summed E-state index contributed by atoms with van der Waals surface area (Å²) in [4.78, 5) is 37.1. The van der Waals surface area contributed by atoms with Gasteiger partial charge in [-0.2, -0.15) is 0 Å². The van der Waals surface area contributed by atoms with E-state index in [2.05, 4.69) is 9.47 Å². The second-order valence-electron chi connectivity index (χ2n) is 10.5. The molecule has 0 atom stereocenters. The van der Waals surface area contributed by atoms with Gasteiger partial charge in [0, 0.05) is 37.8 Å². The lowest BCUT2D eigenvalue weighted by molar-refractivity contribution is -0.138. The molecule has 0 bridgehead atoms. The molecule has 6 rings (SSSR count). The Morgan fingerprint density at radius 1 is 0.825 bits per heavy atom. The zero-order valence-corrected chi connectivity index (χ0v) is 22.9. The number of aromatic nitrogens is 2. The van der Waals surface area contributed by atoms with E-state index in [-0.39, 0.29) is 23.5 Å². The normalized spacial score (nSPS) is 16.9. The molecule has 0 N–H and O–H groups in total. The summed E-state index contributed by atoms with van der Waals surface area (Å²) >= 11 is 6.21. The molecule has 9 heteroatoms. The van der Waals surface area contributed by atoms with Crippen molar-refractivity contribution in [2.45, 2.75) is 19.4 Å². The van der Waals surface area contributed by atoms with Crippen molar-refractivity contribution in [3.63, 3.8) is 0 Å². The molecular formula is C31H31ClFN5O2. The van der Waals surface area contributed by atoms with E-state index in [4.69, 9.17) is 16.6 Å². The monoisotopic (exact) mass is 559 g/mol. The quantitative estimate of drug-likeness (QED) is 0.345. The number of rotatable bonds is 5. The van der Waals surface area contributed by atoms with Gasteiger partial charge < -0.3 is 9.80 Å². The molecule has 40 heavy (non-hydrogen) atoms. The number of piperidine rings is 1. The number of carbonyl (C=O) groups excluding carboxylic acids is 2. The highest BCUT2D eigenvalue weighted by atomic mass is 35.5. The number of hydrogen-bond donors (Lipinski definition) is 0. The van der Waals surface area contributed by atoms with Gasteiger partial charge in [0.15, 0.2) is 0 Å². The van der Waals surface area contributed by atoms with Gasteiger partial charge in [-0.3, -0.25) is 19.1 Å². The predicted octanol–water partition coefficient (Wildman–Crippen LogP) is 5.01. The van der Waals surface area contributed by atoms with Crippen LogP contribution in [-0.2, 0) is 11.3 Å². The van der Waals surface area contributed by atoms with Crippen LogP contribution >= 0.6 is 11.6 Å². The lowest BCUT2D eigenvalue weighted by Crippen LogP contribution is -2.53. The molecule has 0 saturated carbocycles. The van der Waals surface area contributed by atoms with Gasteiger partial charge in [0.2, 0.25) is 5.91 Å². The van der Waals surface area contributed by atoms with Gasteiger partial charge in [-0.1, -0.05) is 35.9 Å². The molecule has 2 aliphatic heterocycles. The summed E-state index contributed by atoms with van der Waals surface area (Å²) in [6.45, 7) is 4.34. The third-order valence-corrected chi connectivity index (χ3v) is 8.33. The number of imidazole rings is 1. The van der Waals surface area contributed by atoms with Crippen molar-refractivity contribution in [3.05, 3.63) is 95.0 Å². The van der Waals surface area contributed by atoms with Gasteiger partial charge >= 0.3 is 0 Å². The van der Waals surface area contributed by atoms with E-state index in [0.717, 1.165) is 48.5 Å². The fraction of sp³-hybridized carbons (Fsp3) is 0.323. The average Bonchev–Trinajstić information content (AvgIpc) is 3.35. The van der Waals surface area contributed by atoms with Crippen LogP contribution < -0.4 is 0 Å². The lowest BCUT2D eigenvalue weighted by atomic mass is 9.95. The first-order valence-electron chi connectivity index (χ1n) is 13.7. The molecule has 2 saturated heterocycles. The Morgan fingerprint density at radius 2 is 1.48 bits per heavy atom. The third kappa shape index (κ3) is 5.33. The van der Waals surface area contributed by atoms with E-state index in [1.807, 2.05) is 41.3 Å². The van der Waals surface area contributed by atoms with E-state index in [1.54, 1.807) is 29.2 Å². The van der Waals surface area contributed by atoms with Crippen molar-refractivity contribution in [1.29, 1.82) is 0 Å². The summed E-state index contributed by atoms with van der Waals surface area (Å²) in [6, 6.07) is 21.5. The van der Waals surface area contributed by atoms with Crippen LogP contribution in [0.4, 0.5) is 4.39 Å². The first-order chi connectivity index (χ1) is 19.5. The molecule has 1 aromatic heterocycles. The zero-order chi connectivity index (χ0) is 27.6. The molecule has 206 valence electrons. The van der Waals surface area contributed by atoms with Crippen LogP contribution in [-0.4, -0.2) is 75.3 Å². The minimum Gasteiger partial charge on any atom is -0.339 e. The van der Waals surface area contributed by atoms with Crippen LogP contribution in [0.15, 0.2) is 72.8 Å². The number of hydrogen-bond acceptors (Lipinski definition) is 4. The molecule has 0 radical (unpaired) electrons. The number of para-hydroxylation sites is 2. The van der Waals surface area contributed by atoms with Gasteiger partial charge in [-0.05, 0) is 74.5 Å². The van der Waals surface area contributed by atoms with Crippen LogP contribution in [0.25, 0.3) is 16.7 Å². The van der Waals surface area contributed by atoms with Crippen LogP contribution in [0.2, 0.25) is 5.02 Å². The van der Waals surface area contributed by atoms with Crippen molar-refractivity contribution in [2.75, 3.05) is 39.3 Å². The maximum atomic E-state index is 13.6.